The number of morpholine rings is 1. The zero-order valence-electron chi connectivity index (χ0n) is 9.58. The van der Waals surface area contributed by atoms with Crippen molar-refractivity contribution in [3.8, 4) is 6.07 Å². The fourth-order valence-electron chi connectivity index (χ4n) is 2.15. The molecule has 1 aliphatic heterocycles. The van der Waals surface area contributed by atoms with Crippen LogP contribution in [0.15, 0.2) is 0 Å². The van der Waals surface area contributed by atoms with Gasteiger partial charge in [-0.3, -0.25) is 4.90 Å². The summed E-state index contributed by atoms with van der Waals surface area (Å²) in [5.74, 6) is 0.107. The zero-order valence-corrected chi connectivity index (χ0v) is 9.58. The van der Waals surface area contributed by atoms with Crippen molar-refractivity contribution in [1.82, 2.24) is 4.90 Å². The number of hydrogen-bond donors (Lipinski definition) is 0. The largest absolute Gasteiger partial charge is 0.370 e. The van der Waals surface area contributed by atoms with Gasteiger partial charge < -0.3 is 4.74 Å². The van der Waals surface area contributed by atoms with E-state index < -0.39 is 0 Å². The first-order valence-electron chi connectivity index (χ1n) is 5.23. The molecule has 2 atom stereocenters. The molecule has 2 unspecified atom stereocenters. The molecule has 0 aliphatic carbocycles. The quantitative estimate of drug-likeness (QED) is 0.673. The predicted octanol–water partition coefficient (Wildman–Crippen LogP) is 1.65. The molecule has 1 fully saturated rings. The minimum atomic E-state index is -0.0765. The Morgan fingerprint density at radius 1 is 1.64 bits per heavy atom. The Hall–Kier alpha value is -0.590. The minimum Gasteiger partial charge on any atom is -0.370 e. The lowest BCUT2D eigenvalue weighted by molar-refractivity contribution is -0.129. The predicted molar refractivity (Wildman–Crippen MR) is 55.8 cm³/mol. The van der Waals surface area contributed by atoms with Crippen LogP contribution in [0.1, 0.15) is 27.7 Å². The monoisotopic (exact) mass is 196 g/mol. The van der Waals surface area contributed by atoms with Gasteiger partial charge in [-0.15, -0.1) is 0 Å². The van der Waals surface area contributed by atoms with Gasteiger partial charge in [0.2, 0.25) is 0 Å². The van der Waals surface area contributed by atoms with Gasteiger partial charge in [-0.05, 0) is 27.7 Å². The highest BCUT2D eigenvalue weighted by molar-refractivity contribution is 4.87. The molecule has 3 nitrogen and oxygen atoms in total. The average molecular weight is 196 g/mol. The van der Waals surface area contributed by atoms with E-state index in [2.05, 4.69) is 31.7 Å². The lowest BCUT2D eigenvalue weighted by atomic mass is 10.0. The van der Waals surface area contributed by atoms with Crippen molar-refractivity contribution in [3.05, 3.63) is 0 Å². The number of ether oxygens (including phenoxy) is 1. The third-order valence-electron chi connectivity index (χ3n) is 2.39. The van der Waals surface area contributed by atoms with E-state index in [-0.39, 0.29) is 17.6 Å². The van der Waals surface area contributed by atoms with E-state index in [1.54, 1.807) is 0 Å². The van der Waals surface area contributed by atoms with Crippen molar-refractivity contribution in [2.75, 3.05) is 19.6 Å². The molecule has 1 heterocycles. The molecule has 0 bridgehead atoms. The molecule has 1 saturated heterocycles. The van der Waals surface area contributed by atoms with Gasteiger partial charge in [0, 0.05) is 19.6 Å². The maximum atomic E-state index is 8.75. The van der Waals surface area contributed by atoms with Gasteiger partial charge in [-0.25, -0.2) is 0 Å². The Bertz CT molecular complexity index is 232. The van der Waals surface area contributed by atoms with E-state index in [1.165, 1.54) is 0 Å². The highest BCUT2D eigenvalue weighted by Crippen LogP contribution is 2.21. The second-order valence-corrected chi connectivity index (χ2v) is 4.91. The number of nitriles is 1. The maximum Gasteiger partial charge on any atom is 0.0757 e. The highest BCUT2D eigenvalue weighted by atomic mass is 16.5. The molecule has 14 heavy (non-hydrogen) atoms. The molecule has 1 aliphatic rings. The van der Waals surface area contributed by atoms with E-state index in [0.717, 1.165) is 19.6 Å². The Balaban J connectivity index is 2.51. The topological polar surface area (TPSA) is 36.3 Å². The number of rotatable bonds is 2. The molecular formula is C11H20N2O. The fraction of sp³-hybridized carbons (Fsp3) is 0.909. The van der Waals surface area contributed by atoms with E-state index in [0.29, 0.717) is 0 Å². The third kappa shape index (κ3) is 3.28. The molecule has 0 spiro atoms. The zero-order chi connectivity index (χ0) is 10.8. The lowest BCUT2D eigenvalue weighted by Crippen LogP contribution is -2.52. The first-order chi connectivity index (χ1) is 6.43. The summed E-state index contributed by atoms with van der Waals surface area (Å²) in [6.07, 6.45) is 0.268. The average Bonchev–Trinajstić information content (AvgIpc) is 1.99. The third-order valence-corrected chi connectivity index (χ3v) is 2.39. The van der Waals surface area contributed by atoms with E-state index >= 15 is 0 Å². The SMILES string of the molecule is CC(C#N)CN1CC(C)OC(C)(C)C1. The van der Waals surface area contributed by atoms with Crippen LogP contribution in [0.3, 0.4) is 0 Å². The summed E-state index contributed by atoms with van der Waals surface area (Å²) in [4.78, 5) is 2.32. The van der Waals surface area contributed by atoms with Gasteiger partial charge in [0.1, 0.15) is 0 Å². The fourth-order valence-corrected chi connectivity index (χ4v) is 2.15. The van der Waals surface area contributed by atoms with Gasteiger partial charge in [0.15, 0.2) is 0 Å². The van der Waals surface area contributed by atoms with Crippen LogP contribution < -0.4 is 0 Å². The first kappa shape index (κ1) is 11.5. The minimum absolute atomic E-state index is 0.0765. The van der Waals surface area contributed by atoms with Crippen molar-refractivity contribution in [2.24, 2.45) is 5.92 Å². The van der Waals surface area contributed by atoms with Gasteiger partial charge in [0.05, 0.1) is 23.7 Å². The highest BCUT2D eigenvalue weighted by Gasteiger charge is 2.31. The van der Waals surface area contributed by atoms with Crippen LogP contribution in [0, 0.1) is 17.2 Å². The second-order valence-electron chi connectivity index (χ2n) is 4.91. The van der Waals surface area contributed by atoms with Crippen LogP contribution in [0.5, 0.6) is 0 Å². The molecule has 3 heteroatoms. The molecule has 0 amide bonds. The van der Waals surface area contributed by atoms with E-state index in [1.807, 2.05) is 6.92 Å². The Kier molecular flexibility index (Phi) is 3.52. The summed E-state index contributed by atoms with van der Waals surface area (Å²) in [5.41, 5.74) is -0.0765. The first-order valence-corrected chi connectivity index (χ1v) is 5.23. The van der Waals surface area contributed by atoms with Crippen molar-refractivity contribution in [3.63, 3.8) is 0 Å². The van der Waals surface area contributed by atoms with Crippen LogP contribution in [0.2, 0.25) is 0 Å². The van der Waals surface area contributed by atoms with Crippen LogP contribution in [-0.2, 0) is 4.74 Å². The molecule has 0 N–H and O–H groups in total. The Morgan fingerprint density at radius 2 is 2.29 bits per heavy atom. The number of hydrogen-bond acceptors (Lipinski definition) is 3. The molecule has 0 saturated carbocycles. The normalized spacial score (nSPS) is 29.5. The standard InChI is InChI=1S/C11H20N2O/c1-9(5-12)6-13-7-10(2)14-11(3,4)8-13/h9-10H,6-8H2,1-4H3. The van der Waals surface area contributed by atoms with Gasteiger partial charge in [0.25, 0.3) is 0 Å². The summed E-state index contributed by atoms with van der Waals surface area (Å²) >= 11 is 0. The summed E-state index contributed by atoms with van der Waals surface area (Å²) in [6, 6.07) is 2.27. The lowest BCUT2D eigenvalue weighted by Gasteiger charge is -2.42. The maximum absolute atomic E-state index is 8.75. The van der Waals surface area contributed by atoms with Crippen molar-refractivity contribution >= 4 is 0 Å². The molecule has 0 aromatic carbocycles. The number of nitrogens with zero attached hydrogens (tertiary/aromatic N) is 2. The second kappa shape index (κ2) is 4.29. The van der Waals surface area contributed by atoms with E-state index in [9.17, 15) is 0 Å². The Labute approximate surface area is 86.6 Å². The van der Waals surface area contributed by atoms with Gasteiger partial charge in [-0.1, -0.05) is 0 Å². The van der Waals surface area contributed by atoms with Crippen LogP contribution in [0.25, 0.3) is 0 Å². The summed E-state index contributed by atoms with van der Waals surface area (Å²) < 4.78 is 5.79. The van der Waals surface area contributed by atoms with Crippen LogP contribution >= 0.6 is 0 Å². The van der Waals surface area contributed by atoms with Crippen molar-refractivity contribution in [2.45, 2.75) is 39.4 Å². The summed E-state index contributed by atoms with van der Waals surface area (Å²) in [6.45, 7) is 11.0. The summed E-state index contributed by atoms with van der Waals surface area (Å²) in [5, 5.41) is 8.75. The van der Waals surface area contributed by atoms with Crippen molar-refractivity contribution < 1.29 is 4.74 Å². The van der Waals surface area contributed by atoms with Crippen LogP contribution in [-0.4, -0.2) is 36.2 Å². The molecule has 80 valence electrons. The molecule has 0 aromatic heterocycles. The Morgan fingerprint density at radius 3 is 2.79 bits per heavy atom. The smallest absolute Gasteiger partial charge is 0.0757 e. The molecule has 0 radical (unpaired) electrons. The molecular weight excluding hydrogens is 176 g/mol. The van der Waals surface area contributed by atoms with Gasteiger partial charge in [-0.2, -0.15) is 5.26 Å². The van der Waals surface area contributed by atoms with Gasteiger partial charge >= 0.3 is 0 Å². The van der Waals surface area contributed by atoms with Crippen LogP contribution in [0.4, 0.5) is 0 Å². The summed E-state index contributed by atoms with van der Waals surface area (Å²) in [7, 11) is 0. The van der Waals surface area contributed by atoms with E-state index in [4.69, 9.17) is 10.00 Å². The molecule has 0 aromatic rings. The van der Waals surface area contributed by atoms with Crippen molar-refractivity contribution in [1.29, 1.82) is 5.26 Å². The molecule has 1 rings (SSSR count).